The van der Waals surface area contributed by atoms with Crippen LogP contribution in [0, 0.1) is 5.92 Å². The lowest BCUT2D eigenvalue weighted by atomic mass is 9.86. The van der Waals surface area contributed by atoms with Crippen LogP contribution in [-0.4, -0.2) is 130 Å². The zero-order valence-corrected chi connectivity index (χ0v) is 40.3. The number of primary amides is 1. The molecule has 1 aromatic heterocycles. The number of para-hydroxylation sites is 1. The van der Waals surface area contributed by atoms with Crippen molar-refractivity contribution in [1.82, 2.24) is 34.7 Å². The Hall–Kier alpha value is -7.73. The number of anilines is 3. The van der Waals surface area contributed by atoms with Gasteiger partial charge in [0.05, 0.1) is 6.04 Å². The Kier molecular flexibility index (Phi) is 13.9. The van der Waals surface area contributed by atoms with Crippen LogP contribution >= 0.6 is 0 Å². The zero-order chi connectivity index (χ0) is 49.9. The number of ether oxygens (including phenoxy) is 1. The van der Waals surface area contributed by atoms with Gasteiger partial charge >= 0.3 is 0 Å². The highest BCUT2D eigenvalue weighted by molar-refractivity contribution is 6.06. The molecule has 1 unspecified atom stereocenters. The molecule has 72 heavy (non-hydrogen) atoms. The van der Waals surface area contributed by atoms with Crippen LogP contribution < -0.4 is 31.7 Å². The molecule has 6 heterocycles. The van der Waals surface area contributed by atoms with Crippen LogP contribution in [0.5, 0.6) is 11.5 Å². The van der Waals surface area contributed by atoms with Gasteiger partial charge in [0.15, 0.2) is 0 Å². The number of imide groups is 1. The maximum absolute atomic E-state index is 13.5. The van der Waals surface area contributed by atoms with Gasteiger partial charge in [0.25, 0.3) is 17.7 Å². The van der Waals surface area contributed by atoms with E-state index in [9.17, 15) is 28.8 Å². The standard InChI is InChI=1S/C54H61N11O7/c55-43-8-4-7-41-42(43)34-64(53(41)70)45-17-18-48(68)63(54(45)71)28-22-46(66)58-33-35-9-13-38(14-10-35)61-31-29-60(30-32-61)25-23-47(67)62-26-20-36(21-27-62)44-19-24-57-52-49(51(56)69)50(59-65(44)52)37-11-15-40(16-12-37)72-39-5-2-1-3-6-39/h1-16,36,44-45,57H,17-34,55H2,(H2,56,69)(H,58,66)/t44-,45?/m0/s1. The fourth-order valence-corrected chi connectivity index (χ4v) is 11.0. The maximum atomic E-state index is 13.5. The van der Waals surface area contributed by atoms with E-state index in [-0.39, 0.29) is 62.0 Å². The van der Waals surface area contributed by atoms with Gasteiger partial charge in [-0.05, 0) is 97.8 Å². The molecule has 0 bridgehead atoms. The summed E-state index contributed by atoms with van der Waals surface area (Å²) < 4.78 is 7.94. The van der Waals surface area contributed by atoms with Gasteiger partial charge in [-0.1, -0.05) is 36.4 Å². The van der Waals surface area contributed by atoms with E-state index in [4.69, 9.17) is 21.3 Å². The fourth-order valence-electron chi connectivity index (χ4n) is 11.0. The molecule has 3 fully saturated rings. The Balaban J connectivity index is 0.641. The number of amides is 6. The van der Waals surface area contributed by atoms with Crippen molar-refractivity contribution in [2.45, 2.75) is 70.1 Å². The third kappa shape index (κ3) is 10.1. The lowest BCUT2D eigenvalue weighted by molar-refractivity contribution is -0.152. The summed E-state index contributed by atoms with van der Waals surface area (Å²) in [6.07, 6.45) is 3.34. The Morgan fingerprint density at radius 3 is 2.24 bits per heavy atom. The topological polar surface area (TPSA) is 222 Å². The highest BCUT2D eigenvalue weighted by atomic mass is 16.5. The number of hydrogen-bond donors (Lipinski definition) is 4. The van der Waals surface area contributed by atoms with Crippen LogP contribution in [-0.2, 0) is 32.3 Å². The molecule has 2 atom stereocenters. The molecule has 6 amide bonds. The minimum absolute atomic E-state index is 0.0449. The SMILES string of the molecule is NC(=O)c1c(-c2ccc(Oc3ccccc3)cc2)nn2c1NCC[C@H]2C1CCN(C(=O)CCN2CCN(c3ccc(CNC(=O)CCN4C(=O)CCC(N5Cc6c(N)cccc6C5=O)C4=O)cc3)CC2)CC1. The highest BCUT2D eigenvalue weighted by Crippen LogP contribution is 2.41. The normalized spacial score (nSPS) is 19.5. The third-order valence-electron chi connectivity index (χ3n) is 15.0. The van der Waals surface area contributed by atoms with Gasteiger partial charge in [-0.25, -0.2) is 4.68 Å². The van der Waals surface area contributed by atoms with E-state index in [0.29, 0.717) is 84.7 Å². The summed E-state index contributed by atoms with van der Waals surface area (Å²) in [6.45, 7) is 6.58. The molecule has 4 aromatic carbocycles. The van der Waals surface area contributed by atoms with Gasteiger partial charge in [0.2, 0.25) is 17.7 Å². The number of nitrogens with zero attached hydrogens (tertiary/aromatic N) is 7. The Labute approximate surface area is 418 Å². The minimum Gasteiger partial charge on any atom is -0.457 e. The minimum atomic E-state index is -0.785. The van der Waals surface area contributed by atoms with Crippen LogP contribution in [0.4, 0.5) is 17.2 Å². The molecule has 5 aromatic rings. The number of carbonyl (C=O) groups is 6. The van der Waals surface area contributed by atoms with E-state index < -0.39 is 17.9 Å². The molecule has 0 aliphatic carbocycles. The smallest absolute Gasteiger partial charge is 0.255 e. The molecule has 5 aliphatic rings. The number of benzene rings is 4. The van der Waals surface area contributed by atoms with E-state index in [1.807, 2.05) is 76.3 Å². The Bertz CT molecular complexity index is 2840. The molecule has 374 valence electrons. The fraction of sp³-hybridized carbons (Fsp3) is 0.389. The van der Waals surface area contributed by atoms with Gasteiger partial charge < -0.3 is 41.5 Å². The number of nitrogens with two attached hydrogens (primary N) is 2. The molecule has 3 saturated heterocycles. The number of aromatic nitrogens is 2. The molecule has 6 N–H and O–H groups in total. The van der Waals surface area contributed by atoms with E-state index in [1.165, 1.54) is 4.90 Å². The lowest BCUT2D eigenvalue weighted by Gasteiger charge is -2.39. The first-order valence-electron chi connectivity index (χ1n) is 25.1. The number of likely N-dealkylation sites (tertiary alicyclic amines) is 2. The lowest BCUT2D eigenvalue weighted by Crippen LogP contribution is -2.55. The quantitative estimate of drug-likeness (QED) is 0.0804. The summed E-state index contributed by atoms with van der Waals surface area (Å²) in [7, 11) is 0. The van der Waals surface area contributed by atoms with Crippen LogP contribution in [0.1, 0.15) is 82.8 Å². The van der Waals surface area contributed by atoms with E-state index in [2.05, 4.69) is 32.6 Å². The summed E-state index contributed by atoms with van der Waals surface area (Å²) >= 11 is 0. The monoisotopic (exact) mass is 975 g/mol. The van der Waals surface area contributed by atoms with Crippen LogP contribution in [0.15, 0.2) is 97.1 Å². The molecule has 5 aliphatic heterocycles. The van der Waals surface area contributed by atoms with E-state index >= 15 is 0 Å². The van der Waals surface area contributed by atoms with Crippen molar-refractivity contribution < 1.29 is 33.5 Å². The predicted octanol–water partition coefficient (Wildman–Crippen LogP) is 5.01. The van der Waals surface area contributed by atoms with E-state index in [1.54, 1.807) is 18.2 Å². The molecule has 0 radical (unpaired) electrons. The van der Waals surface area contributed by atoms with E-state index in [0.717, 1.165) is 72.9 Å². The van der Waals surface area contributed by atoms with Crippen molar-refractivity contribution in [3.05, 3.63) is 119 Å². The van der Waals surface area contributed by atoms with Gasteiger partial charge in [0, 0.05) is 119 Å². The molecule has 0 spiro atoms. The second-order valence-electron chi connectivity index (χ2n) is 19.3. The molecule has 10 rings (SSSR count). The highest BCUT2D eigenvalue weighted by Gasteiger charge is 2.43. The first kappa shape index (κ1) is 47.9. The predicted molar refractivity (Wildman–Crippen MR) is 271 cm³/mol. The van der Waals surface area contributed by atoms with Crippen LogP contribution in [0.25, 0.3) is 11.3 Å². The molecule has 0 saturated carbocycles. The summed E-state index contributed by atoms with van der Waals surface area (Å²) in [5, 5.41) is 11.3. The second kappa shape index (κ2) is 20.9. The molecular weight excluding hydrogens is 915 g/mol. The average molecular weight is 976 g/mol. The number of nitrogen functional groups attached to an aromatic ring is 1. The Morgan fingerprint density at radius 2 is 1.51 bits per heavy atom. The van der Waals surface area contributed by atoms with Gasteiger partial charge in [-0.2, -0.15) is 5.10 Å². The first-order chi connectivity index (χ1) is 35.0. The second-order valence-corrected chi connectivity index (χ2v) is 19.3. The van der Waals surface area contributed by atoms with Crippen molar-refractivity contribution in [2.24, 2.45) is 11.7 Å². The first-order valence-corrected chi connectivity index (χ1v) is 25.1. The van der Waals surface area contributed by atoms with Crippen molar-refractivity contribution in [3.8, 4) is 22.8 Å². The van der Waals surface area contributed by atoms with Gasteiger partial charge in [0.1, 0.15) is 34.6 Å². The molecule has 18 heteroatoms. The molecular formula is C54H61N11O7. The summed E-state index contributed by atoms with van der Waals surface area (Å²) in [4.78, 5) is 88.0. The largest absolute Gasteiger partial charge is 0.457 e. The van der Waals surface area contributed by atoms with Crippen molar-refractivity contribution in [3.63, 3.8) is 0 Å². The third-order valence-corrected chi connectivity index (χ3v) is 15.0. The number of piperazine rings is 1. The van der Waals surface area contributed by atoms with Crippen molar-refractivity contribution in [2.75, 3.05) is 74.9 Å². The van der Waals surface area contributed by atoms with Crippen LogP contribution in [0.3, 0.4) is 0 Å². The Morgan fingerprint density at radius 1 is 0.778 bits per heavy atom. The number of fused-ring (bicyclic) bond motifs is 2. The zero-order valence-electron chi connectivity index (χ0n) is 40.3. The average Bonchev–Trinajstić information content (AvgIpc) is 3.97. The summed E-state index contributed by atoms with van der Waals surface area (Å²) in [5.74, 6) is 0.644. The number of carbonyl (C=O) groups excluding carboxylic acids is 6. The van der Waals surface area contributed by atoms with Gasteiger partial charge in [-0.15, -0.1) is 0 Å². The van der Waals surface area contributed by atoms with Crippen molar-refractivity contribution >= 4 is 52.6 Å². The van der Waals surface area contributed by atoms with Gasteiger partial charge in [-0.3, -0.25) is 38.6 Å². The number of hydrogen-bond acceptors (Lipinski definition) is 12. The van der Waals surface area contributed by atoms with Crippen LogP contribution in [0.2, 0.25) is 0 Å². The maximum Gasteiger partial charge on any atom is 0.255 e. The summed E-state index contributed by atoms with van der Waals surface area (Å²) in [6, 6.07) is 29.6. The number of piperidine rings is 2. The number of rotatable bonds is 15. The number of nitrogens with one attached hydrogen (secondary N) is 2. The molecule has 18 nitrogen and oxygen atoms in total. The summed E-state index contributed by atoms with van der Waals surface area (Å²) in [5.41, 5.74) is 17.5. The van der Waals surface area contributed by atoms with Crippen molar-refractivity contribution in [1.29, 1.82) is 0 Å².